The van der Waals surface area contributed by atoms with Gasteiger partial charge >= 0.3 is 6.18 Å². The van der Waals surface area contributed by atoms with Crippen molar-refractivity contribution in [2.24, 2.45) is 0 Å². The van der Waals surface area contributed by atoms with Crippen molar-refractivity contribution in [2.45, 2.75) is 43.4 Å². The second kappa shape index (κ2) is 5.97. The summed E-state index contributed by atoms with van der Waals surface area (Å²) in [7, 11) is 3.85. The zero-order valence-electron chi connectivity index (χ0n) is 12.5. The molecular weight excluding hydrogens is 279 g/mol. The van der Waals surface area contributed by atoms with Crippen molar-refractivity contribution in [3.05, 3.63) is 35.4 Å². The Morgan fingerprint density at radius 2 is 1.81 bits per heavy atom. The molecule has 21 heavy (non-hydrogen) atoms. The van der Waals surface area contributed by atoms with Crippen LogP contribution in [0.1, 0.15) is 36.8 Å². The van der Waals surface area contributed by atoms with Gasteiger partial charge in [0.15, 0.2) is 0 Å². The van der Waals surface area contributed by atoms with E-state index in [2.05, 4.69) is 0 Å². The van der Waals surface area contributed by atoms with E-state index < -0.39 is 23.3 Å². The first-order chi connectivity index (χ1) is 9.75. The fourth-order valence-corrected chi connectivity index (χ4v) is 3.39. The van der Waals surface area contributed by atoms with Crippen molar-refractivity contribution in [3.63, 3.8) is 0 Å². The maximum atomic E-state index is 12.7. The predicted octanol–water partition coefficient (Wildman–Crippen LogP) is 3.44. The molecule has 5 heteroatoms. The molecule has 0 spiro atoms. The van der Waals surface area contributed by atoms with E-state index in [0.29, 0.717) is 13.0 Å². The summed E-state index contributed by atoms with van der Waals surface area (Å²) in [5.41, 5.74) is -0.306. The molecule has 1 fully saturated rings. The molecule has 2 rings (SSSR count). The monoisotopic (exact) mass is 301 g/mol. The molecule has 1 N–H and O–H groups in total. The van der Waals surface area contributed by atoms with Gasteiger partial charge in [-0.1, -0.05) is 25.0 Å². The molecule has 0 unspecified atom stereocenters. The average molecular weight is 301 g/mol. The highest BCUT2D eigenvalue weighted by atomic mass is 19.4. The van der Waals surface area contributed by atoms with Crippen molar-refractivity contribution in [1.82, 2.24) is 4.90 Å². The molecule has 118 valence electrons. The quantitative estimate of drug-likeness (QED) is 0.924. The summed E-state index contributed by atoms with van der Waals surface area (Å²) >= 11 is 0. The number of likely N-dealkylation sites (N-methyl/N-ethyl adjacent to an activating group) is 1. The molecule has 0 aromatic heterocycles. The van der Waals surface area contributed by atoms with Crippen LogP contribution in [-0.2, 0) is 11.6 Å². The molecule has 0 radical (unpaired) electrons. The molecule has 1 aliphatic carbocycles. The highest BCUT2D eigenvalue weighted by Crippen LogP contribution is 2.41. The van der Waals surface area contributed by atoms with Crippen molar-refractivity contribution >= 4 is 0 Å². The molecule has 2 nitrogen and oxygen atoms in total. The SMILES string of the molecule is CN(C)C[C@@]1(c2ccc(C(F)(F)F)cc2)CCCC[C@H]1O. The van der Waals surface area contributed by atoms with Gasteiger partial charge in [-0.05, 0) is 44.6 Å². The maximum absolute atomic E-state index is 12.7. The molecule has 1 saturated carbocycles. The summed E-state index contributed by atoms with van der Waals surface area (Å²) in [6, 6.07) is 5.30. The first kappa shape index (κ1) is 16.3. The third kappa shape index (κ3) is 3.40. The van der Waals surface area contributed by atoms with Crippen molar-refractivity contribution in [1.29, 1.82) is 0 Å². The minimum Gasteiger partial charge on any atom is -0.392 e. The molecule has 0 saturated heterocycles. The lowest BCUT2D eigenvalue weighted by atomic mass is 9.67. The van der Waals surface area contributed by atoms with E-state index in [9.17, 15) is 18.3 Å². The second-order valence-electron chi connectivity index (χ2n) is 6.23. The summed E-state index contributed by atoms with van der Waals surface area (Å²) in [5, 5.41) is 10.5. The van der Waals surface area contributed by atoms with Gasteiger partial charge in [0.05, 0.1) is 11.7 Å². The number of nitrogens with zero attached hydrogens (tertiary/aromatic N) is 1. The minimum absolute atomic E-state index is 0.466. The first-order valence-electron chi connectivity index (χ1n) is 7.26. The van der Waals surface area contributed by atoms with Crippen LogP contribution in [0.5, 0.6) is 0 Å². The lowest BCUT2D eigenvalue weighted by molar-refractivity contribution is -0.137. The van der Waals surface area contributed by atoms with Crippen LogP contribution in [0.25, 0.3) is 0 Å². The van der Waals surface area contributed by atoms with Gasteiger partial charge in [-0.2, -0.15) is 13.2 Å². The van der Waals surface area contributed by atoms with Crippen LogP contribution in [0.15, 0.2) is 24.3 Å². The topological polar surface area (TPSA) is 23.5 Å². The third-order valence-corrected chi connectivity index (χ3v) is 4.37. The summed E-state index contributed by atoms with van der Waals surface area (Å²) in [6.07, 6.45) is -1.36. The number of alkyl halides is 3. The van der Waals surface area contributed by atoms with E-state index in [1.807, 2.05) is 19.0 Å². The Hall–Kier alpha value is -1.07. The van der Waals surface area contributed by atoms with Gasteiger partial charge in [-0.15, -0.1) is 0 Å². The van der Waals surface area contributed by atoms with Crippen LogP contribution in [-0.4, -0.2) is 36.8 Å². The van der Waals surface area contributed by atoms with Crippen LogP contribution in [0.4, 0.5) is 13.2 Å². The fraction of sp³-hybridized carbons (Fsp3) is 0.625. The minimum atomic E-state index is -4.32. The molecule has 0 bridgehead atoms. The van der Waals surface area contributed by atoms with E-state index in [-0.39, 0.29) is 0 Å². The van der Waals surface area contributed by atoms with Crippen molar-refractivity contribution in [3.8, 4) is 0 Å². The number of aliphatic hydroxyl groups is 1. The van der Waals surface area contributed by atoms with Crippen LogP contribution in [0.2, 0.25) is 0 Å². The number of rotatable bonds is 3. The largest absolute Gasteiger partial charge is 0.416 e. The molecule has 0 aliphatic heterocycles. The van der Waals surface area contributed by atoms with Gasteiger partial charge in [0.1, 0.15) is 0 Å². The number of hydrogen-bond acceptors (Lipinski definition) is 2. The Kier molecular flexibility index (Phi) is 4.63. The van der Waals surface area contributed by atoms with Crippen LogP contribution >= 0.6 is 0 Å². The number of hydrogen-bond donors (Lipinski definition) is 1. The number of aliphatic hydroxyl groups excluding tert-OH is 1. The molecule has 1 aliphatic rings. The van der Waals surface area contributed by atoms with Crippen LogP contribution in [0.3, 0.4) is 0 Å². The Morgan fingerprint density at radius 3 is 2.29 bits per heavy atom. The lowest BCUT2D eigenvalue weighted by Gasteiger charge is -2.44. The Bertz CT molecular complexity index is 469. The highest BCUT2D eigenvalue weighted by Gasteiger charge is 2.42. The predicted molar refractivity (Wildman–Crippen MR) is 76.2 cm³/mol. The Balaban J connectivity index is 2.37. The third-order valence-electron chi connectivity index (χ3n) is 4.37. The Morgan fingerprint density at radius 1 is 1.19 bits per heavy atom. The summed E-state index contributed by atoms with van der Waals surface area (Å²) in [6.45, 7) is 0.638. The van der Waals surface area contributed by atoms with Crippen LogP contribution < -0.4 is 0 Å². The fourth-order valence-electron chi connectivity index (χ4n) is 3.39. The molecule has 1 aromatic carbocycles. The number of benzene rings is 1. The smallest absolute Gasteiger partial charge is 0.392 e. The summed E-state index contributed by atoms with van der Waals surface area (Å²) in [5.74, 6) is 0. The average Bonchev–Trinajstić information content (AvgIpc) is 2.40. The Labute approximate surface area is 123 Å². The van der Waals surface area contributed by atoms with Crippen molar-refractivity contribution < 1.29 is 18.3 Å². The van der Waals surface area contributed by atoms with Gasteiger partial charge in [-0.25, -0.2) is 0 Å². The zero-order valence-corrected chi connectivity index (χ0v) is 12.5. The standard InChI is InChI=1S/C16H22F3NO/c1-20(2)11-15(10-4-3-5-14(15)21)12-6-8-13(9-7-12)16(17,18)19/h6-9,14,21H,3-5,10-11H2,1-2H3/t14-,15-/m1/s1. The van der Waals surface area contributed by atoms with E-state index in [4.69, 9.17) is 0 Å². The normalized spacial score (nSPS) is 27.1. The highest BCUT2D eigenvalue weighted by molar-refractivity contribution is 5.33. The van der Waals surface area contributed by atoms with E-state index in [0.717, 1.165) is 37.0 Å². The van der Waals surface area contributed by atoms with E-state index in [1.54, 1.807) is 0 Å². The molecule has 0 amide bonds. The van der Waals surface area contributed by atoms with Gasteiger partial charge in [0.2, 0.25) is 0 Å². The molecular formula is C16H22F3NO. The summed E-state index contributed by atoms with van der Waals surface area (Å²) in [4.78, 5) is 1.99. The van der Waals surface area contributed by atoms with Gasteiger partial charge in [-0.3, -0.25) is 0 Å². The number of halogens is 3. The maximum Gasteiger partial charge on any atom is 0.416 e. The van der Waals surface area contributed by atoms with E-state index >= 15 is 0 Å². The van der Waals surface area contributed by atoms with Gasteiger partial charge < -0.3 is 10.0 Å². The van der Waals surface area contributed by atoms with Gasteiger partial charge in [0, 0.05) is 12.0 Å². The summed E-state index contributed by atoms with van der Waals surface area (Å²) < 4.78 is 38.1. The van der Waals surface area contributed by atoms with E-state index in [1.165, 1.54) is 12.1 Å². The lowest BCUT2D eigenvalue weighted by Crippen LogP contribution is -2.49. The molecule has 1 aromatic rings. The van der Waals surface area contributed by atoms with Gasteiger partial charge in [0.25, 0.3) is 0 Å². The van der Waals surface area contributed by atoms with Crippen molar-refractivity contribution in [2.75, 3.05) is 20.6 Å². The zero-order chi connectivity index (χ0) is 15.7. The molecule has 2 atom stereocenters. The first-order valence-corrected chi connectivity index (χ1v) is 7.26. The van der Waals surface area contributed by atoms with Crippen LogP contribution in [0, 0.1) is 0 Å². The second-order valence-corrected chi connectivity index (χ2v) is 6.23. The molecule has 0 heterocycles.